The van der Waals surface area contributed by atoms with Gasteiger partial charge in [-0.25, -0.2) is 0 Å². The fourth-order valence-corrected chi connectivity index (χ4v) is 3.49. The van der Waals surface area contributed by atoms with E-state index in [4.69, 9.17) is 9.26 Å². The van der Waals surface area contributed by atoms with Crippen molar-refractivity contribution in [1.29, 1.82) is 0 Å². The summed E-state index contributed by atoms with van der Waals surface area (Å²) in [5, 5.41) is 4.58. The van der Waals surface area contributed by atoms with Crippen LogP contribution in [0.15, 0.2) is 4.52 Å². The maximum absolute atomic E-state index is 12.1. The second kappa shape index (κ2) is 7.82. The van der Waals surface area contributed by atoms with Gasteiger partial charge in [0.2, 0.25) is 5.89 Å². The molecule has 118 valence electrons. The summed E-state index contributed by atoms with van der Waals surface area (Å²) in [6.07, 6.45) is 5.48. The zero-order valence-electron chi connectivity index (χ0n) is 13.0. The summed E-state index contributed by atoms with van der Waals surface area (Å²) in [6.45, 7) is 4.34. The van der Waals surface area contributed by atoms with Gasteiger partial charge in [-0.05, 0) is 25.2 Å². The van der Waals surface area contributed by atoms with Gasteiger partial charge in [-0.1, -0.05) is 31.8 Å². The number of aromatic nitrogens is 2. The summed E-state index contributed by atoms with van der Waals surface area (Å²) < 4.78 is 10.3. The number of hydrogen-bond acceptors (Lipinski definition) is 6. The number of esters is 1. The Hall–Kier alpha value is -1.04. The van der Waals surface area contributed by atoms with Crippen molar-refractivity contribution in [3.05, 3.63) is 11.7 Å². The molecular weight excluding hydrogens is 288 g/mol. The first-order chi connectivity index (χ1) is 10.2. The van der Waals surface area contributed by atoms with Gasteiger partial charge >= 0.3 is 5.97 Å². The molecule has 1 saturated carbocycles. The largest absolute Gasteiger partial charge is 0.468 e. The van der Waals surface area contributed by atoms with E-state index in [0.717, 1.165) is 37.9 Å². The molecule has 0 saturated heterocycles. The zero-order chi connectivity index (χ0) is 15.2. The highest BCUT2D eigenvalue weighted by molar-refractivity contribution is 7.99. The van der Waals surface area contributed by atoms with Crippen molar-refractivity contribution in [2.45, 2.75) is 62.9 Å². The normalized spacial score (nSPS) is 18.6. The molecule has 2 atom stereocenters. The summed E-state index contributed by atoms with van der Waals surface area (Å²) in [4.78, 5) is 16.5. The Morgan fingerprint density at radius 3 is 2.81 bits per heavy atom. The average molecular weight is 312 g/mol. The molecule has 0 N–H and O–H groups in total. The van der Waals surface area contributed by atoms with E-state index >= 15 is 0 Å². The molecule has 0 spiro atoms. The van der Waals surface area contributed by atoms with Crippen LogP contribution in [0, 0.1) is 5.92 Å². The molecule has 0 amide bonds. The first kappa shape index (κ1) is 16.3. The second-order valence-electron chi connectivity index (χ2n) is 5.62. The number of nitrogens with zero attached hydrogens (tertiary/aromatic N) is 2. The molecule has 0 aliphatic heterocycles. The van der Waals surface area contributed by atoms with Gasteiger partial charge in [0.1, 0.15) is 5.92 Å². The van der Waals surface area contributed by atoms with Crippen LogP contribution in [0.5, 0.6) is 0 Å². The lowest BCUT2D eigenvalue weighted by Crippen LogP contribution is -2.21. The van der Waals surface area contributed by atoms with Crippen LogP contribution in [-0.2, 0) is 15.3 Å². The number of rotatable bonds is 7. The number of carbonyl (C=O) groups excluding carboxylic acids is 1. The van der Waals surface area contributed by atoms with E-state index in [9.17, 15) is 4.79 Å². The Kier molecular flexibility index (Phi) is 6.08. The van der Waals surface area contributed by atoms with Crippen LogP contribution in [0.25, 0.3) is 0 Å². The molecule has 2 rings (SSSR count). The van der Waals surface area contributed by atoms with E-state index in [1.807, 2.05) is 0 Å². The Labute approximate surface area is 130 Å². The summed E-state index contributed by atoms with van der Waals surface area (Å²) >= 11 is 1.80. The van der Waals surface area contributed by atoms with Crippen molar-refractivity contribution in [3.63, 3.8) is 0 Å². The van der Waals surface area contributed by atoms with E-state index in [1.54, 1.807) is 11.8 Å². The molecule has 2 unspecified atom stereocenters. The number of thioether (sulfide) groups is 1. The summed E-state index contributed by atoms with van der Waals surface area (Å²) in [6, 6.07) is 0. The van der Waals surface area contributed by atoms with Crippen molar-refractivity contribution in [3.8, 4) is 0 Å². The van der Waals surface area contributed by atoms with E-state index in [-0.39, 0.29) is 11.9 Å². The number of hydrogen-bond donors (Lipinski definition) is 0. The minimum Gasteiger partial charge on any atom is -0.468 e. The molecule has 1 aliphatic carbocycles. The van der Waals surface area contributed by atoms with Crippen molar-refractivity contribution in [1.82, 2.24) is 10.1 Å². The predicted molar refractivity (Wildman–Crippen MR) is 82.1 cm³/mol. The van der Waals surface area contributed by atoms with Gasteiger partial charge in [-0.15, -0.1) is 0 Å². The van der Waals surface area contributed by atoms with E-state index < -0.39 is 5.92 Å². The third-order valence-corrected chi connectivity index (χ3v) is 5.48. The summed E-state index contributed by atoms with van der Waals surface area (Å²) in [7, 11) is 1.42. The molecular formula is C15H24N2O3S. The Bertz CT molecular complexity index is 458. The lowest BCUT2D eigenvalue weighted by Gasteiger charge is -2.16. The van der Waals surface area contributed by atoms with Gasteiger partial charge < -0.3 is 9.26 Å². The number of carbonyl (C=O) groups is 1. The highest BCUT2D eigenvalue weighted by atomic mass is 32.2. The Morgan fingerprint density at radius 2 is 2.19 bits per heavy atom. The van der Waals surface area contributed by atoms with Crippen LogP contribution in [0.1, 0.15) is 63.6 Å². The summed E-state index contributed by atoms with van der Waals surface area (Å²) in [5.41, 5.74) is 0. The van der Waals surface area contributed by atoms with Crippen molar-refractivity contribution in [2.24, 2.45) is 5.92 Å². The molecule has 1 aromatic heterocycles. The van der Waals surface area contributed by atoms with Gasteiger partial charge in [-0.2, -0.15) is 16.7 Å². The van der Waals surface area contributed by atoms with Crippen LogP contribution in [0.2, 0.25) is 0 Å². The average Bonchev–Trinajstić information content (AvgIpc) is 3.17. The van der Waals surface area contributed by atoms with Crippen molar-refractivity contribution in [2.75, 3.05) is 7.11 Å². The highest BCUT2D eigenvalue weighted by Gasteiger charge is 2.37. The topological polar surface area (TPSA) is 65.2 Å². The van der Waals surface area contributed by atoms with E-state index in [2.05, 4.69) is 24.0 Å². The number of methoxy groups -OCH3 is 1. The third kappa shape index (κ3) is 4.22. The SMILES string of the molecule is CCC(C)SCc1noc(C(C(=O)OC)C2CCCC2)n1. The summed E-state index contributed by atoms with van der Waals surface area (Å²) in [5.74, 6) is 1.43. The molecule has 0 bridgehead atoms. The molecule has 0 radical (unpaired) electrons. The smallest absolute Gasteiger partial charge is 0.318 e. The van der Waals surface area contributed by atoms with Crippen LogP contribution in [0.3, 0.4) is 0 Å². The molecule has 0 aromatic carbocycles. The van der Waals surface area contributed by atoms with Crippen LogP contribution in [-0.4, -0.2) is 28.5 Å². The molecule has 1 heterocycles. The van der Waals surface area contributed by atoms with Crippen LogP contribution < -0.4 is 0 Å². The molecule has 5 nitrogen and oxygen atoms in total. The molecule has 21 heavy (non-hydrogen) atoms. The Morgan fingerprint density at radius 1 is 1.48 bits per heavy atom. The standard InChI is InChI=1S/C15H24N2O3S/c1-4-10(2)21-9-12-16-14(20-17-12)13(15(18)19-3)11-7-5-6-8-11/h10-11,13H,4-9H2,1-3H3. The van der Waals surface area contributed by atoms with E-state index in [0.29, 0.717) is 17.0 Å². The second-order valence-corrected chi connectivity index (χ2v) is 7.05. The zero-order valence-corrected chi connectivity index (χ0v) is 13.8. The van der Waals surface area contributed by atoms with Gasteiger partial charge in [0.15, 0.2) is 5.82 Å². The monoisotopic (exact) mass is 312 g/mol. The van der Waals surface area contributed by atoms with Crippen molar-refractivity contribution < 1.29 is 14.1 Å². The first-order valence-corrected chi connectivity index (χ1v) is 8.72. The van der Waals surface area contributed by atoms with Gasteiger partial charge in [0.25, 0.3) is 0 Å². The fraction of sp³-hybridized carbons (Fsp3) is 0.800. The van der Waals surface area contributed by atoms with Crippen molar-refractivity contribution >= 4 is 17.7 Å². The van der Waals surface area contributed by atoms with Gasteiger partial charge in [-0.3, -0.25) is 4.79 Å². The lowest BCUT2D eigenvalue weighted by atomic mass is 9.91. The fourth-order valence-electron chi connectivity index (χ4n) is 2.70. The Balaban J connectivity index is 2.06. The minimum absolute atomic E-state index is 0.258. The maximum Gasteiger partial charge on any atom is 0.318 e. The highest BCUT2D eigenvalue weighted by Crippen LogP contribution is 2.37. The van der Waals surface area contributed by atoms with Gasteiger partial charge in [0.05, 0.1) is 12.9 Å². The van der Waals surface area contributed by atoms with E-state index in [1.165, 1.54) is 7.11 Å². The molecule has 1 aromatic rings. The molecule has 1 fully saturated rings. The lowest BCUT2D eigenvalue weighted by molar-refractivity contribution is -0.144. The third-order valence-electron chi connectivity index (χ3n) is 4.15. The molecule has 1 aliphatic rings. The quantitative estimate of drug-likeness (QED) is 0.717. The maximum atomic E-state index is 12.1. The predicted octanol–water partition coefficient (Wildman–Crippen LogP) is 3.55. The number of ether oxygens (including phenoxy) is 1. The van der Waals surface area contributed by atoms with Crippen LogP contribution >= 0.6 is 11.8 Å². The minimum atomic E-state index is -0.396. The molecule has 6 heteroatoms. The first-order valence-electron chi connectivity index (χ1n) is 7.67. The van der Waals surface area contributed by atoms with Crippen LogP contribution in [0.4, 0.5) is 0 Å². The van der Waals surface area contributed by atoms with Gasteiger partial charge in [0, 0.05) is 5.25 Å².